The summed E-state index contributed by atoms with van der Waals surface area (Å²) in [6.45, 7) is 0. The fraction of sp³-hybridized carbons (Fsp3) is 0. The maximum absolute atomic E-state index is 15.3. The van der Waals surface area contributed by atoms with Gasteiger partial charge < -0.3 is 4.98 Å². The fourth-order valence-electron chi connectivity index (χ4n) is 3.58. The molecule has 0 aliphatic carbocycles. The molecule has 178 valence electrons. The zero-order valence-electron chi connectivity index (χ0n) is 17.2. The summed E-state index contributed by atoms with van der Waals surface area (Å²) < 4.78 is 99.6. The highest BCUT2D eigenvalue weighted by atomic mass is 32.2. The first-order chi connectivity index (χ1) is 16.7. The topological polar surface area (TPSA) is 104 Å². The Hall–Kier alpha value is -4.26. The minimum atomic E-state index is -4.82. The summed E-state index contributed by atoms with van der Waals surface area (Å²) in [7, 11) is -4.82. The third-order valence-electron chi connectivity index (χ3n) is 5.19. The Labute approximate surface area is 193 Å². The number of H-pyrrole nitrogens is 2. The minimum Gasteiger partial charge on any atom is -0.343 e. The Bertz CT molecular complexity index is 1700. The van der Waals surface area contributed by atoms with Crippen LogP contribution in [-0.4, -0.2) is 28.6 Å². The van der Waals surface area contributed by atoms with E-state index in [1.165, 1.54) is 12.3 Å². The second-order valence-electron chi connectivity index (χ2n) is 7.32. The molecule has 2 heterocycles. The van der Waals surface area contributed by atoms with Gasteiger partial charge in [0, 0.05) is 23.3 Å². The molecule has 0 saturated heterocycles. The highest BCUT2D eigenvalue weighted by Gasteiger charge is 2.26. The van der Waals surface area contributed by atoms with E-state index in [2.05, 4.69) is 20.2 Å². The smallest absolute Gasteiger partial charge is 0.265 e. The molecule has 7 nitrogen and oxygen atoms in total. The van der Waals surface area contributed by atoms with Crippen LogP contribution in [0.25, 0.3) is 33.5 Å². The second kappa shape index (κ2) is 8.20. The van der Waals surface area contributed by atoms with Gasteiger partial charge in [0.2, 0.25) is 0 Å². The Morgan fingerprint density at radius 2 is 1.66 bits per heavy atom. The summed E-state index contributed by atoms with van der Waals surface area (Å²) in [5.74, 6) is -5.71. The predicted molar refractivity (Wildman–Crippen MR) is 116 cm³/mol. The molecule has 0 amide bonds. The normalized spacial score (nSPS) is 11.8. The molecule has 35 heavy (non-hydrogen) atoms. The number of sulfonamides is 1. The van der Waals surface area contributed by atoms with Crippen LogP contribution in [0.4, 0.5) is 27.6 Å². The Balaban J connectivity index is 1.60. The van der Waals surface area contributed by atoms with Crippen molar-refractivity contribution >= 4 is 26.6 Å². The SMILES string of the molecule is O=S(=O)(Nc1ccc(F)c(-c2ccc3c(-c4ncc[nH]4)[nH]nc3c2F)c1F)c1cc(F)ccc1F. The maximum Gasteiger partial charge on any atom is 0.265 e. The van der Waals surface area contributed by atoms with Gasteiger partial charge in [-0.3, -0.25) is 9.82 Å². The Morgan fingerprint density at radius 1 is 0.886 bits per heavy atom. The Morgan fingerprint density at radius 3 is 2.40 bits per heavy atom. The van der Waals surface area contributed by atoms with Crippen LogP contribution in [0.5, 0.6) is 0 Å². The Kier molecular flexibility index (Phi) is 5.28. The molecule has 0 fully saturated rings. The highest BCUT2D eigenvalue weighted by Crippen LogP contribution is 2.37. The number of halogens is 5. The first-order valence-corrected chi connectivity index (χ1v) is 11.3. The lowest BCUT2D eigenvalue weighted by Gasteiger charge is -2.13. The molecular formula is C22H12F5N5O2S. The molecule has 5 rings (SSSR count). The maximum atomic E-state index is 15.3. The van der Waals surface area contributed by atoms with Gasteiger partial charge in [0.25, 0.3) is 10.0 Å². The molecule has 5 aromatic rings. The number of imidazole rings is 1. The van der Waals surface area contributed by atoms with E-state index in [0.717, 1.165) is 12.1 Å². The van der Waals surface area contributed by atoms with Crippen LogP contribution in [0.3, 0.4) is 0 Å². The van der Waals surface area contributed by atoms with Crippen molar-refractivity contribution in [1.82, 2.24) is 20.2 Å². The predicted octanol–water partition coefficient (Wildman–Crippen LogP) is 5.12. The summed E-state index contributed by atoms with van der Waals surface area (Å²) in [5, 5.41) is 6.75. The van der Waals surface area contributed by atoms with Crippen molar-refractivity contribution in [2.45, 2.75) is 4.90 Å². The van der Waals surface area contributed by atoms with Crippen molar-refractivity contribution in [3.8, 4) is 22.6 Å². The number of nitrogens with zero attached hydrogens (tertiary/aromatic N) is 2. The van der Waals surface area contributed by atoms with E-state index in [1.807, 2.05) is 0 Å². The van der Waals surface area contributed by atoms with E-state index in [0.29, 0.717) is 35.8 Å². The molecule has 3 aromatic carbocycles. The standard InChI is InChI=1S/C22H12F5N5O2S/c23-10-1-4-13(24)16(9-10)35(33,34)32-15-6-5-14(25)17(19(15)27)11-2-3-12-20(18(11)26)30-31-21(12)22-28-7-8-29-22/h1-9,32H,(H,28,29)(H,30,31). The molecule has 13 heteroatoms. The van der Waals surface area contributed by atoms with Gasteiger partial charge in [0.05, 0.1) is 11.3 Å². The van der Waals surface area contributed by atoms with Crippen LogP contribution >= 0.6 is 0 Å². The number of benzene rings is 3. The monoisotopic (exact) mass is 505 g/mol. The molecule has 0 aliphatic heterocycles. The van der Waals surface area contributed by atoms with Gasteiger partial charge in [-0.25, -0.2) is 35.4 Å². The third kappa shape index (κ3) is 3.79. The molecule has 2 aromatic heterocycles. The molecule has 0 bridgehead atoms. The molecule has 0 spiro atoms. The van der Waals surface area contributed by atoms with Gasteiger partial charge in [0.1, 0.15) is 33.6 Å². The van der Waals surface area contributed by atoms with Gasteiger partial charge in [-0.15, -0.1) is 0 Å². The van der Waals surface area contributed by atoms with Crippen LogP contribution in [0.1, 0.15) is 0 Å². The number of rotatable bonds is 5. The lowest BCUT2D eigenvalue weighted by molar-refractivity contribution is 0.554. The number of nitrogens with one attached hydrogen (secondary N) is 3. The minimum absolute atomic E-state index is 0.236. The number of aromatic amines is 2. The summed E-state index contributed by atoms with van der Waals surface area (Å²) in [6.07, 6.45) is 3.01. The van der Waals surface area contributed by atoms with E-state index in [9.17, 15) is 21.6 Å². The molecule has 0 aliphatic rings. The number of aromatic nitrogens is 4. The van der Waals surface area contributed by atoms with Gasteiger partial charge in [0.15, 0.2) is 17.5 Å². The van der Waals surface area contributed by atoms with Crippen molar-refractivity contribution in [3.05, 3.63) is 83.9 Å². The van der Waals surface area contributed by atoms with Crippen LogP contribution in [-0.2, 0) is 10.0 Å². The summed E-state index contributed by atoms with van der Waals surface area (Å²) in [6, 6.07) is 5.61. The second-order valence-corrected chi connectivity index (χ2v) is 8.97. The number of hydrogen-bond acceptors (Lipinski definition) is 4. The number of anilines is 1. The van der Waals surface area contributed by atoms with E-state index in [4.69, 9.17) is 0 Å². The van der Waals surface area contributed by atoms with Gasteiger partial charge in [-0.05, 0) is 36.4 Å². The average molecular weight is 505 g/mol. The summed E-state index contributed by atoms with van der Waals surface area (Å²) in [4.78, 5) is 5.78. The highest BCUT2D eigenvalue weighted by molar-refractivity contribution is 7.92. The van der Waals surface area contributed by atoms with E-state index in [-0.39, 0.29) is 10.9 Å². The fourth-order valence-corrected chi connectivity index (χ4v) is 4.73. The molecular weight excluding hydrogens is 493 g/mol. The van der Waals surface area contributed by atoms with Crippen LogP contribution in [0.15, 0.2) is 59.8 Å². The van der Waals surface area contributed by atoms with Crippen molar-refractivity contribution in [2.75, 3.05) is 4.72 Å². The zero-order chi connectivity index (χ0) is 24.9. The lowest BCUT2D eigenvalue weighted by atomic mass is 10.0. The first kappa shape index (κ1) is 22.5. The molecule has 3 N–H and O–H groups in total. The van der Waals surface area contributed by atoms with E-state index in [1.54, 1.807) is 10.9 Å². The van der Waals surface area contributed by atoms with Crippen molar-refractivity contribution in [2.24, 2.45) is 0 Å². The molecule has 0 atom stereocenters. The number of fused-ring (bicyclic) bond motifs is 1. The van der Waals surface area contributed by atoms with Gasteiger partial charge >= 0.3 is 0 Å². The quantitative estimate of drug-likeness (QED) is 0.289. The van der Waals surface area contributed by atoms with Crippen molar-refractivity contribution in [1.29, 1.82) is 0 Å². The van der Waals surface area contributed by atoms with Crippen molar-refractivity contribution in [3.63, 3.8) is 0 Å². The summed E-state index contributed by atoms with van der Waals surface area (Å²) >= 11 is 0. The van der Waals surface area contributed by atoms with E-state index >= 15 is 8.78 Å². The van der Waals surface area contributed by atoms with Crippen molar-refractivity contribution < 1.29 is 30.4 Å². The first-order valence-electron chi connectivity index (χ1n) is 9.80. The lowest BCUT2D eigenvalue weighted by Crippen LogP contribution is -2.16. The van der Waals surface area contributed by atoms with Crippen LogP contribution < -0.4 is 4.72 Å². The molecule has 0 radical (unpaired) electrons. The van der Waals surface area contributed by atoms with Gasteiger partial charge in [-0.1, -0.05) is 6.07 Å². The third-order valence-corrected chi connectivity index (χ3v) is 6.57. The van der Waals surface area contributed by atoms with E-state index < -0.39 is 60.8 Å². The van der Waals surface area contributed by atoms with Crippen LogP contribution in [0.2, 0.25) is 0 Å². The average Bonchev–Trinajstić information content (AvgIpc) is 3.49. The number of hydrogen-bond donors (Lipinski definition) is 3. The molecule has 0 saturated carbocycles. The largest absolute Gasteiger partial charge is 0.343 e. The summed E-state index contributed by atoms with van der Waals surface area (Å²) in [5.41, 5.74) is -2.12. The zero-order valence-corrected chi connectivity index (χ0v) is 18.0. The van der Waals surface area contributed by atoms with Gasteiger partial charge in [-0.2, -0.15) is 5.10 Å². The van der Waals surface area contributed by atoms with Crippen LogP contribution in [0, 0.1) is 29.1 Å². The molecule has 0 unspecified atom stereocenters.